The van der Waals surface area contributed by atoms with Gasteiger partial charge in [-0.2, -0.15) is 4.31 Å². The third kappa shape index (κ3) is 4.14. The lowest BCUT2D eigenvalue weighted by Crippen LogP contribution is -2.58. The van der Waals surface area contributed by atoms with Gasteiger partial charge >= 0.3 is 6.03 Å². The molecule has 2 aliphatic rings. The first-order chi connectivity index (χ1) is 11.8. The molecule has 2 amide bonds. The lowest BCUT2D eigenvalue weighted by Gasteiger charge is -2.42. The van der Waals surface area contributed by atoms with Gasteiger partial charge in [0.15, 0.2) is 5.03 Å². The van der Waals surface area contributed by atoms with Gasteiger partial charge in [0.25, 0.3) is 10.0 Å². The van der Waals surface area contributed by atoms with Gasteiger partial charge in [-0.15, -0.1) is 0 Å². The summed E-state index contributed by atoms with van der Waals surface area (Å²) in [6.45, 7) is 3.26. The second kappa shape index (κ2) is 6.95. The number of imidazole rings is 1. The fourth-order valence-electron chi connectivity index (χ4n) is 3.51. The van der Waals surface area contributed by atoms with E-state index in [9.17, 15) is 13.2 Å². The van der Waals surface area contributed by atoms with Gasteiger partial charge in [0.2, 0.25) is 0 Å². The molecule has 0 atom stereocenters. The van der Waals surface area contributed by atoms with Gasteiger partial charge in [-0.1, -0.05) is 12.8 Å². The number of sulfonamides is 1. The number of aryl methyl sites for hydroxylation is 1. The third-order valence-electron chi connectivity index (χ3n) is 5.06. The van der Waals surface area contributed by atoms with E-state index in [0.717, 1.165) is 6.42 Å². The highest BCUT2D eigenvalue weighted by Crippen LogP contribution is 2.41. The minimum atomic E-state index is -3.57. The van der Waals surface area contributed by atoms with Crippen LogP contribution in [-0.4, -0.2) is 53.5 Å². The molecule has 25 heavy (non-hydrogen) atoms. The van der Waals surface area contributed by atoms with Crippen molar-refractivity contribution in [1.82, 2.24) is 24.5 Å². The van der Waals surface area contributed by atoms with Crippen LogP contribution < -0.4 is 10.6 Å². The Kier molecular flexibility index (Phi) is 5.06. The van der Waals surface area contributed by atoms with E-state index >= 15 is 0 Å². The molecular formula is C16H27N5O3S. The smallest absolute Gasteiger partial charge is 0.315 e. The molecule has 9 heteroatoms. The van der Waals surface area contributed by atoms with Crippen molar-refractivity contribution in [3.8, 4) is 0 Å². The number of nitrogens with one attached hydrogen (secondary N) is 2. The number of amides is 2. The van der Waals surface area contributed by atoms with Crippen LogP contribution in [0.4, 0.5) is 4.79 Å². The maximum absolute atomic E-state index is 12.7. The zero-order valence-electron chi connectivity index (χ0n) is 14.9. The first kappa shape index (κ1) is 18.2. The Morgan fingerprint density at radius 3 is 2.56 bits per heavy atom. The van der Waals surface area contributed by atoms with E-state index in [1.807, 2.05) is 6.92 Å². The number of nitrogens with zero attached hydrogens (tertiary/aromatic N) is 3. The number of urea groups is 1. The molecule has 0 unspecified atom stereocenters. The molecule has 1 aromatic rings. The van der Waals surface area contributed by atoms with Crippen molar-refractivity contribution in [2.24, 2.45) is 13.0 Å². The molecule has 0 aromatic carbocycles. The maximum atomic E-state index is 12.7. The number of carbonyl (C=O) groups excluding carboxylic acids is 1. The molecule has 1 aromatic heterocycles. The van der Waals surface area contributed by atoms with Gasteiger partial charge < -0.3 is 15.2 Å². The summed E-state index contributed by atoms with van der Waals surface area (Å²) < 4.78 is 28.6. The molecule has 1 aliphatic heterocycles. The Balaban J connectivity index is 1.69. The van der Waals surface area contributed by atoms with Crippen LogP contribution in [0.2, 0.25) is 0 Å². The number of hydrogen-bond acceptors (Lipinski definition) is 4. The SMILES string of the molecule is CCNC(=O)NC1(CC2CC2)CCN(S(=O)(=O)c2cn(C)cn2)CC1. The number of rotatable bonds is 6. The molecule has 8 nitrogen and oxygen atoms in total. The van der Waals surface area contributed by atoms with Crippen LogP contribution >= 0.6 is 0 Å². The van der Waals surface area contributed by atoms with E-state index < -0.39 is 10.0 Å². The van der Waals surface area contributed by atoms with Gasteiger partial charge in [0.05, 0.1) is 6.33 Å². The molecule has 0 radical (unpaired) electrons. The van der Waals surface area contributed by atoms with Crippen LogP contribution in [-0.2, 0) is 17.1 Å². The number of hydrogen-bond donors (Lipinski definition) is 2. The fraction of sp³-hybridized carbons (Fsp3) is 0.750. The van der Waals surface area contributed by atoms with E-state index in [2.05, 4.69) is 15.6 Å². The molecule has 1 saturated carbocycles. The van der Waals surface area contributed by atoms with Gasteiger partial charge in [-0.3, -0.25) is 0 Å². The summed E-state index contributed by atoms with van der Waals surface area (Å²) in [7, 11) is -1.82. The fourth-order valence-corrected chi connectivity index (χ4v) is 4.92. The Bertz CT molecular complexity index is 718. The second-order valence-corrected chi connectivity index (χ2v) is 9.08. The van der Waals surface area contributed by atoms with Crippen molar-refractivity contribution in [2.75, 3.05) is 19.6 Å². The first-order valence-electron chi connectivity index (χ1n) is 8.89. The van der Waals surface area contributed by atoms with Crippen LogP contribution in [0.15, 0.2) is 17.6 Å². The van der Waals surface area contributed by atoms with Crippen LogP contribution in [0.25, 0.3) is 0 Å². The lowest BCUT2D eigenvalue weighted by atomic mass is 9.83. The largest absolute Gasteiger partial charge is 0.339 e. The van der Waals surface area contributed by atoms with Crippen LogP contribution in [0.5, 0.6) is 0 Å². The molecule has 0 spiro atoms. The van der Waals surface area contributed by atoms with E-state index in [1.165, 1.54) is 29.7 Å². The van der Waals surface area contributed by atoms with Crippen molar-refractivity contribution >= 4 is 16.1 Å². The number of piperidine rings is 1. The summed E-state index contributed by atoms with van der Waals surface area (Å²) in [6, 6.07) is -0.163. The molecule has 140 valence electrons. The summed E-state index contributed by atoms with van der Waals surface area (Å²) in [5.74, 6) is 0.654. The third-order valence-corrected chi connectivity index (χ3v) is 6.84. The average molecular weight is 369 g/mol. The second-order valence-electron chi connectivity index (χ2n) is 7.19. The molecule has 2 N–H and O–H groups in total. The topological polar surface area (TPSA) is 96.3 Å². The Labute approximate surface area is 149 Å². The average Bonchev–Trinajstić information content (AvgIpc) is 3.24. The minimum absolute atomic E-state index is 0.0846. The minimum Gasteiger partial charge on any atom is -0.339 e. The molecule has 2 fully saturated rings. The standard InChI is InChI=1S/C16H27N5O3S/c1-3-17-15(22)19-16(10-13-4-5-13)6-8-21(9-7-16)25(23,24)14-11-20(2)12-18-14/h11-13H,3-10H2,1-2H3,(H2,17,19,22). The molecule has 0 bridgehead atoms. The molecule has 1 aliphatic carbocycles. The quantitative estimate of drug-likeness (QED) is 0.784. The predicted octanol–water partition coefficient (Wildman–Crippen LogP) is 1.06. The highest BCUT2D eigenvalue weighted by Gasteiger charge is 2.43. The van der Waals surface area contributed by atoms with Crippen molar-refractivity contribution in [1.29, 1.82) is 0 Å². The van der Waals surface area contributed by atoms with Crippen LogP contribution in [0.1, 0.15) is 39.0 Å². The number of carbonyl (C=O) groups is 1. The molecule has 1 saturated heterocycles. The predicted molar refractivity (Wildman–Crippen MR) is 93.5 cm³/mol. The zero-order chi connectivity index (χ0) is 18.1. The zero-order valence-corrected chi connectivity index (χ0v) is 15.7. The molecule has 2 heterocycles. The van der Waals surface area contributed by atoms with E-state index in [0.29, 0.717) is 38.4 Å². The van der Waals surface area contributed by atoms with Gasteiger partial charge in [0, 0.05) is 38.4 Å². The van der Waals surface area contributed by atoms with Gasteiger partial charge in [-0.25, -0.2) is 18.2 Å². The van der Waals surface area contributed by atoms with E-state index in [1.54, 1.807) is 11.6 Å². The monoisotopic (exact) mass is 369 g/mol. The Morgan fingerprint density at radius 2 is 2.04 bits per heavy atom. The summed E-state index contributed by atoms with van der Waals surface area (Å²) >= 11 is 0. The van der Waals surface area contributed by atoms with Crippen molar-refractivity contribution in [2.45, 2.75) is 49.6 Å². The molecular weight excluding hydrogens is 342 g/mol. The maximum Gasteiger partial charge on any atom is 0.315 e. The Morgan fingerprint density at radius 1 is 1.36 bits per heavy atom. The summed E-state index contributed by atoms with van der Waals surface area (Å²) in [4.78, 5) is 16.0. The van der Waals surface area contributed by atoms with Gasteiger partial charge in [0.1, 0.15) is 0 Å². The van der Waals surface area contributed by atoms with Gasteiger partial charge in [-0.05, 0) is 32.1 Å². The van der Waals surface area contributed by atoms with Crippen molar-refractivity contribution in [3.05, 3.63) is 12.5 Å². The summed E-state index contributed by atoms with van der Waals surface area (Å²) in [5, 5.41) is 6.00. The van der Waals surface area contributed by atoms with Crippen LogP contribution in [0.3, 0.4) is 0 Å². The van der Waals surface area contributed by atoms with Crippen LogP contribution in [0, 0.1) is 5.92 Å². The molecule has 3 rings (SSSR count). The summed E-state index contributed by atoms with van der Waals surface area (Å²) in [6.07, 6.45) is 7.61. The normalized spacial score (nSPS) is 21.0. The summed E-state index contributed by atoms with van der Waals surface area (Å²) in [5.41, 5.74) is -0.309. The highest BCUT2D eigenvalue weighted by molar-refractivity contribution is 7.89. The first-order valence-corrected chi connectivity index (χ1v) is 10.3. The number of aromatic nitrogens is 2. The Hall–Kier alpha value is -1.61. The van der Waals surface area contributed by atoms with Crippen molar-refractivity contribution in [3.63, 3.8) is 0 Å². The van der Waals surface area contributed by atoms with Crippen molar-refractivity contribution < 1.29 is 13.2 Å². The van der Waals surface area contributed by atoms with E-state index in [-0.39, 0.29) is 16.6 Å². The lowest BCUT2D eigenvalue weighted by molar-refractivity contribution is 0.169. The van der Waals surface area contributed by atoms with E-state index in [4.69, 9.17) is 0 Å². The highest BCUT2D eigenvalue weighted by atomic mass is 32.2.